The second-order valence-corrected chi connectivity index (χ2v) is 6.43. The Kier molecular flexibility index (Phi) is 5.53. The van der Waals surface area contributed by atoms with Crippen molar-refractivity contribution in [1.29, 1.82) is 0 Å². The van der Waals surface area contributed by atoms with E-state index in [-0.39, 0.29) is 11.9 Å². The molecular weight excluding hydrogens is 288 g/mol. The molecule has 23 heavy (non-hydrogen) atoms. The van der Waals surface area contributed by atoms with Gasteiger partial charge in [-0.15, -0.1) is 0 Å². The first-order valence-electron chi connectivity index (χ1n) is 8.17. The molecule has 0 saturated carbocycles. The molecular formula is C18H26N4O. The van der Waals surface area contributed by atoms with Crippen LogP contribution in [0.2, 0.25) is 0 Å². The van der Waals surface area contributed by atoms with E-state index in [0.29, 0.717) is 11.6 Å². The van der Waals surface area contributed by atoms with Crippen LogP contribution in [-0.4, -0.2) is 20.7 Å². The third-order valence-electron chi connectivity index (χ3n) is 3.79. The van der Waals surface area contributed by atoms with Crippen molar-refractivity contribution < 1.29 is 4.79 Å². The molecule has 2 rings (SSSR count). The number of hydrogen-bond acceptors (Lipinski definition) is 3. The van der Waals surface area contributed by atoms with Gasteiger partial charge >= 0.3 is 0 Å². The van der Waals surface area contributed by atoms with Crippen molar-refractivity contribution in [3.8, 4) is 0 Å². The number of aryl methyl sites for hydroxylation is 2. The van der Waals surface area contributed by atoms with Crippen molar-refractivity contribution in [2.45, 2.75) is 46.6 Å². The molecule has 0 radical (unpaired) electrons. The number of carbonyl (C=O) groups is 1. The van der Waals surface area contributed by atoms with Crippen molar-refractivity contribution in [1.82, 2.24) is 20.1 Å². The summed E-state index contributed by atoms with van der Waals surface area (Å²) in [6.45, 7) is 8.36. The summed E-state index contributed by atoms with van der Waals surface area (Å²) in [4.78, 5) is 17.0. The second-order valence-electron chi connectivity index (χ2n) is 6.43. The fourth-order valence-electron chi connectivity index (χ4n) is 2.62. The van der Waals surface area contributed by atoms with Gasteiger partial charge in [0.1, 0.15) is 5.69 Å². The van der Waals surface area contributed by atoms with Crippen LogP contribution < -0.4 is 5.32 Å². The van der Waals surface area contributed by atoms with Crippen molar-refractivity contribution in [3.05, 3.63) is 47.0 Å². The van der Waals surface area contributed by atoms with Crippen LogP contribution in [0.4, 0.5) is 0 Å². The number of amides is 1. The molecule has 2 aromatic heterocycles. The Hall–Kier alpha value is -2.17. The molecule has 0 aliphatic heterocycles. The first-order chi connectivity index (χ1) is 10.9. The molecule has 2 aromatic rings. The van der Waals surface area contributed by atoms with Crippen LogP contribution in [0, 0.1) is 12.8 Å². The lowest BCUT2D eigenvalue weighted by Gasteiger charge is -2.16. The zero-order valence-corrected chi connectivity index (χ0v) is 14.6. The van der Waals surface area contributed by atoms with E-state index >= 15 is 0 Å². The number of nitrogens with zero attached hydrogens (tertiary/aromatic N) is 3. The molecule has 5 heteroatoms. The van der Waals surface area contributed by atoms with Crippen molar-refractivity contribution in [2.75, 3.05) is 0 Å². The van der Waals surface area contributed by atoms with Crippen LogP contribution in [0.15, 0.2) is 24.4 Å². The van der Waals surface area contributed by atoms with Gasteiger partial charge in [-0.25, -0.2) is 0 Å². The minimum absolute atomic E-state index is 0.0918. The molecule has 1 N–H and O–H groups in total. The highest BCUT2D eigenvalue weighted by Gasteiger charge is 2.19. The minimum Gasteiger partial charge on any atom is -0.342 e. The predicted octanol–water partition coefficient (Wildman–Crippen LogP) is 3.20. The van der Waals surface area contributed by atoms with Gasteiger partial charge < -0.3 is 5.32 Å². The van der Waals surface area contributed by atoms with Gasteiger partial charge in [-0.3, -0.25) is 14.5 Å². The fraction of sp³-hybridized carbons (Fsp3) is 0.500. The zero-order chi connectivity index (χ0) is 17.0. The first-order valence-corrected chi connectivity index (χ1v) is 8.17. The molecule has 0 fully saturated rings. The van der Waals surface area contributed by atoms with E-state index < -0.39 is 0 Å². The molecule has 0 aliphatic rings. The number of aromatic nitrogens is 3. The van der Waals surface area contributed by atoms with E-state index in [2.05, 4.69) is 29.2 Å². The molecule has 1 amide bonds. The molecule has 1 atom stereocenters. The zero-order valence-electron chi connectivity index (χ0n) is 14.6. The summed E-state index contributed by atoms with van der Waals surface area (Å²) in [5, 5.41) is 7.50. The van der Waals surface area contributed by atoms with Crippen LogP contribution in [-0.2, 0) is 13.5 Å². The number of rotatable bonds is 6. The SMILES string of the molecule is CC[C@@H](NC(=O)c1cc(CC(C)C)nn1C)c1cc(C)ccn1. The highest BCUT2D eigenvalue weighted by Crippen LogP contribution is 2.16. The van der Waals surface area contributed by atoms with E-state index in [1.165, 1.54) is 0 Å². The largest absolute Gasteiger partial charge is 0.342 e. The maximum Gasteiger partial charge on any atom is 0.270 e. The van der Waals surface area contributed by atoms with Gasteiger partial charge in [0.15, 0.2) is 0 Å². The van der Waals surface area contributed by atoms with Gasteiger partial charge in [0.25, 0.3) is 5.91 Å². The highest BCUT2D eigenvalue weighted by molar-refractivity contribution is 5.92. The Morgan fingerprint density at radius 2 is 2.09 bits per heavy atom. The number of carbonyl (C=O) groups excluding carboxylic acids is 1. The van der Waals surface area contributed by atoms with Crippen LogP contribution >= 0.6 is 0 Å². The summed E-state index contributed by atoms with van der Waals surface area (Å²) in [7, 11) is 1.81. The van der Waals surface area contributed by atoms with E-state index in [4.69, 9.17) is 0 Å². The molecule has 0 saturated heterocycles. The van der Waals surface area contributed by atoms with Gasteiger partial charge in [-0.2, -0.15) is 5.10 Å². The van der Waals surface area contributed by atoms with E-state index in [1.807, 2.05) is 39.1 Å². The lowest BCUT2D eigenvalue weighted by Crippen LogP contribution is -2.30. The van der Waals surface area contributed by atoms with Gasteiger partial charge in [0.05, 0.1) is 17.4 Å². The van der Waals surface area contributed by atoms with Gasteiger partial charge in [0, 0.05) is 13.2 Å². The van der Waals surface area contributed by atoms with Crippen molar-refractivity contribution in [3.63, 3.8) is 0 Å². The third-order valence-corrected chi connectivity index (χ3v) is 3.79. The summed E-state index contributed by atoms with van der Waals surface area (Å²) in [6.07, 6.45) is 3.45. The summed E-state index contributed by atoms with van der Waals surface area (Å²) in [5.74, 6) is 0.408. The lowest BCUT2D eigenvalue weighted by atomic mass is 10.1. The third kappa shape index (κ3) is 4.41. The normalized spacial score (nSPS) is 12.4. The molecule has 0 aliphatic carbocycles. The van der Waals surface area contributed by atoms with Gasteiger partial charge in [0.2, 0.25) is 0 Å². The molecule has 0 unspecified atom stereocenters. The van der Waals surface area contributed by atoms with Crippen LogP contribution in [0.5, 0.6) is 0 Å². The Morgan fingerprint density at radius 3 is 2.70 bits per heavy atom. The van der Waals surface area contributed by atoms with Gasteiger partial charge in [-0.1, -0.05) is 20.8 Å². The minimum atomic E-state index is -0.106. The van der Waals surface area contributed by atoms with Crippen molar-refractivity contribution in [2.24, 2.45) is 13.0 Å². The number of nitrogens with one attached hydrogen (secondary N) is 1. The maximum absolute atomic E-state index is 12.6. The van der Waals surface area contributed by atoms with Gasteiger partial charge in [-0.05, 0) is 49.4 Å². The molecule has 0 bridgehead atoms. The Bertz CT molecular complexity index is 675. The second kappa shape index (κ2) is 7.40. The van der Waals surface area contributed by atoms with E-state index in [9.17, 15) is 4.79 Å². The highest BCUT2D eigenvalue weighted by atomic mass is 16.2. The average Bonchev–Trinajstić information content (AvgIpc) is 2.84. The molecule has 0 aromatic carbocycles. The summed E-state index contributed by atoms with van der Waals surface area (Å²) >= 11 is 0. The summed E-state index contributed by atoms with van der Waals surface area (Å²) in [6, 6.07) is 5.76. The molecule has 0 spiro atoms. The fourth-order valence-corrected chi connectivity index (χ4v) is 2.62. The van der Waals surface area contributed by atoms with Crippen LogP contribution in [0.1, 0.15) is 60.7 Å². The predicted molar refractivity (Wildman–Crippen MR) is 91.2 cm³/mol. The quantitative estimate of drug-likeness (QED) is 0.890. The maximum atomic E-state index is 12.6. The van der Waals surface area contributed by atoms with Crippen molar-refractivity contribution >= 4 is 5.91 Å². The smallest absolute Gasteiger partial charge is 0.270 e. The van der Waals surface area contributed by atoms with Crippen LogP contribution in [0.25, 0.3) is 0 Å². The average molecular weight is 314 g/mol. The molecule has 124 valence electrons. The number of pyridine rings is 1. The topological polar surface area (TPSA) is 59.8 Å². The molecule has 5 nitrogen and oxygen atoms in total. The van der Waals surface area contributed by atoms with E-state index in [0.717, 1.165) is 29.8 Å². The van der Waals surface area contributed by atoms with Crippen LogP contribution in [0.3, 0.4) is 0 Å². The first kappa shape index (κ1) is 17.2. The Labute approximate surface area is 138 Å². The summed E-state index contributed by atoms with van der Waals surface area (Å²) in [5.41, 5.74) is 3.58. The standard InChI is InChI=1S/C18H26N4O/c1-6-15(16-10-13(4)7-8-19-16)20-18(23)17-11-14(9-12(2)3)21-22(17)5/h7-8,10-12,15H,6,9H2,1-5H3,(H,20,23)/t15-/m1/s1. The summed E-state index contributed by atoms with van der Waals surface area (Å²) < 4.78 is 1.66. The lowest BCUT2D eigenvalue weighted by molar-refractivity contribution is 0.0925. The Balaban J connectivity index is 2.15. The molecule has 2 heterocycles. The van der Waals surface area contributed by atoms with E-state index in [1.54, 1.807) is 10.9 Å². The Morgan fingerprint density at radius 1 is 1.35 bits per heavy atom. The number of hydrogen-bond donors (Lipinski definition) is 1. The monoisotopic (exact) mass is 314 g/mol.